The van der Waals surface area contributed by atoms with Gasteiger partial charge in [-0.3, -0.25) is 14.7 Å². The van der Waals surface area contributed by atoms with E-state index in [0.717, 1.165) is 39.3 Å². The van der Waals surface area contributed by atoms with Crippen LogP contribution in [-0.4, -0.2) is 77.7 Å². The Morgan fingerprint density at radius 2 is 1.14 bits per heavy atom. The molecule has 1 aliphatic carbocycles. The second kappa shape index (κ2) is 8.13. The number of rotatable bonds is 10. The van der Waals surface area contributed by atoms with Crippen LogP contribution in [0.2, 0.25) is 0 Å². The zero-order valence-corrected chi connectivity index (χ0v) is 15.3. The predicted molar refractivity (Wildman–Crippen MR) is 94.9 cm³/mol. The molecule has 0 aromatic carbocycles. The third kappa shape index (κ3) is 3.24. The van der Waals surface area contributed by atoms with Crippen molar-refractivity contribution in [3.63, 3.8) is 0 Å². The highest BCUT2D eigenvalue weighted by Gasteiger charge is 2.71. The van der Waals surface area contributed by atoms with Gasteiger partial charge in [-0.1, -0.05) is 41.5 Å². The topological polar surface area (TPSA) is 74.1 Å². The molecule has 0 aromatic rings. The second-order valence-corrected chi connectivity index (χ2v) is 5.82. The molecular weight excluding hydrogens is 276 g/mol. The van der Waals surface area contributed by atoms with Gasteiger partial charge < -0.3 is 11.5 Å². The van der Waals surface area contributed by atoms with Crippen LogP contribution in [0.15, 0.2) is 4.99 Å². The third-order valence-corrected chi connectivity index (χ3v) is 5.05. The fraction of sp³-hybridized carbons (Fsp3) is 0.938. The highest BCUT2D eigenvalue weighted by atomic mass is 15.5. The molecule has 22 heavy (non-hydrogen) atoms. The molecule has 0 aromatic heterocycles. The summed E-state index contributed by atoms with van der Waals surface area (Å²) in [6, 6.07) is 0.703. The van der Waals surface area contributed by atoms with Gasteiger partial charge in [0, 0.05) is 0 Å². The number of likely N-dealkylation sites (N-methyl/N-ethyl adjacent to an activating group) is 3. The zero-order valence-electron chi connectivity index (χ0n) is 15.3. The highest BCUT2D eigenvalue weighted by Crippen LogP contribution is 2.50. The molecule has 1 aliphatic rings. The van der Waals surface area contributed by atoms with Gasteiger partial charge in [-0.05, 0) is 39.3 Å². The second-order valence-electron chi connectivity index (χ2n) is 5.82. The largest absolute Gasteiger partial charge is 0.370 e. The van der Waals surface area contributed by atoms with E-state index >= 15 is 0 Å². The first-order valence-corrected chi connectivity index (χ1v) is 8.82. The van der Waals surface area contributed by atoms with Crippen molar-refractivity contribution in [2.75, 3.05) is 39.3 Å². The lowest BCUT2D eigenvalue weighted by molar-refractivity contribution is 0.140. The van der Waals surface area contributed by atoms with Crippen LogP contribution in [0.25, 0.3) is 0 Å². The van der Waals surface area contributed by atoms with E-state index in [4.69, 9.17) is 16.5 Å². The Labute approximate surface area is 136 Å². The Bertz CT molecular complexity index is 336. The fourth-order valence-corrected chi connectivity index (χ4v) is 4.01. The van der Waals surface area contributed by atoms with Crippen molar-refractivity contribution < 1.29 is 0 Å². The van der Waals surface area contributed by atoms with E-state index in [9.17, 15) is 0 Å². The molecule has 0 heterocycles. The summed E-state index contributed by atoms with van der Waals surface area (Å²) >= 11 is 0. The van der Waals surface area contributed by atoms with Crippen LogP contribution in [0, 0.1) is 0 Å². The van der Waals surface area contributed by atoms with E-state index in [0.29, 0.717) is 12.1 Å². The third-order valence-electron chi connectivity index (χ3n) is 5.05. The molecule has 0 bridgehead atoms. The molecule has 2 unspecified atom stereocenters. The smallest absolute Gasteiger partial charge is 0.187 e. The van der Waals surface area contributed by atoms with Gasteiger partial charge in [0.15, 0.2) is 11.6 Å². The molecule has 1 rings (SSSR count). The maximum atomic E-state index is 5.82. The fourth-order valence-electron chi connectivity index (χ4n) is 4.01. The number of nitrogens with zero attached hydrogens (tertiary/aromatic N) is 4. The van der Waals surface area contributed by atoms with Gasteiger partial charge in [0.25, 0.3) is 0 Å². The molecule has 1 fully saturated rings. The van der Waals surface area contributed by atoms with Gasteiger partial charge in [-0.2, -0.15) is 0 Å². The Morgan fingerprint density at radius 3 is 1.36 bits per heavy atom. The van der Waals surface area contributed by atoms with E-state index in [1.165, 1.54) is 0 Å². The van der Waals surface area contributed by atoms with Gasteiger partial charge >= 0.3 is 0 Å². The van der Waals surface area contributed by atoms with E-state index in [-0.39, 0.29) is 11.6 Å². The van der Waals surface area contributed by atoms with Crippen LogP contribution in [0.1, 0.15) is 41.5 Å². The first-order valence-electron chi connectivity index (χ1n) is 8.82. The molecule has 0 radical (unpaired) electrons. The molecule has 4 N–H and O–H groups in total. The minimum atomic E-state index is -0.305. The summed E-state index contributed by atoms with van der Waals surface area (Å²) in [6.45, 7) is 19.2. The van der Waals surface area contributed by atoms with Crippen molar-refractivity contribution >= 4 is 5.96 Å². The first-order chi connectivity index (χ1) is 10.5. The Morgan fingerprint density at radius 1 is 0.773 bits per heavy atom. The van der Waals surface area contributed by atoms with E-state index < -0.39 is 0 Å². The maximum Gasteiger partial charge on any atom is 0.187 e. The Hall–Kier alpha value is -0.850. The Kier molecular flexibility index (Phi) is 7.09. The minimum Gasteiger partial charge on any atom is -0.370 e. The summed E-state index contributed by atoms with van der Waals surface area (Å²) in [4.78, 5) is 12.2. The first kappa shape index (κ1) is 19.2. The molecule has 1 saturated carbocycles. The average Bonchev–Trinajstić information content (AvgIpc) is 3.11. The molecule has 0 spiro atoms. The normalized spacial score (nSPS) is 27.7. The summed E-state index contributed by atoms with van der Waals surface area (Å²) in [6.07, 6.45) is 0. The Balaban J connectivity index is 3.32. The van der Waals surface area contributed by atoms with Gasteiger partial charge in [-0.15, -0.1) is 0 Å². The van der Waals surface area contributed by atoms with Crippen LogP contribution in [-0.2, 0) is 0 Å². The number of hydrogen-bond donors (Lipinski definition) is 2. The van der Waals surface area contributed by atoms with Crippen molar-refractivity contribution in [2.24, 2.45) is 16.5 Å². The van der Waals surface area contributed by atoms with Crippen LogP contribution >= 0.6 is 0 Å². The summed E-state index contributed by atoms with van der Waals surface area (Å²) in [5.41, 5.74) is 11.3. The summed E-state index contributed by atoms with van der Waals surface area (Å²) in [5, 5.41) is 0. The molecule has 2 atom stereocenters. The quantitative estimate of drug-likeness (QED) is 0.459. The molecule has 0 aliphatic heterocycles. The number of nitrogens with two attached hydrogens (primary N) is 2. The maximum absolute atomic E-state index is 5.82. The van der Waals surface area contributed by atoms with Crippen molar-refractivity contribution in [1.29, 1.82) is 0 Å². The SMILES string of the molecule is CCN(CC)C1C(N(CC)CC)C1(N=C(N)N)N(CC)CC. The minimum absolute atomic E-state index is 0.193. The lowest BCUT2D eigenvalue weighted by Gasteiger charge is -2.31. The van der Waals surface area contributed by atoms with Gasteiger partial charge in [0.2, 0.25) is 0 Å². The van der Waals surface area contributed by atoms with Gasteiger partial charge in [0.1, 0.15) is 0 Å². The molecule has 6 nitrogen and oxygen atoms in total. The van der Waals surface area contributed by atoms with Crippen LogP contribution in [0.4, 0.5) is 0 Å². The lowest BCUT2D eigenvalue weighted by Crippen LogP contribution is -2.47. The van der Waals surface area contributed by atoms with Crippen LogP contribution in [0.5, 0.6) is 0 Å². The number of hydrogen-bond acceptors (Lipinski definition) is 4. The molecular formula is C16H36N6. The number of aliphatic imine (C=N–C) groups is 1. The zero-order chi connectivity index (χ0) is 16.9. The summed E-state index contributed by atoms with van der Waals surface area (Å²) in [5.74, 6) is 0.193. The lowest BCUT2D eigenvalue weighted by atomic mass is 10.3. The van der Waals surface area contributed by atoms with Gasteiger partial charge in [-0.25, -0.2) is 4.99 Å². The standard InChI is InChI=1S/C16H36N6/c1-7-20(8-2)13-14(21(9-3)10-4)16(13,19-15(17)18)22(11-5)12-6/h13-14H,7-12H2,1-6H3,(H4,17,18,19). The van der Waals surface area contributed by atoms with Crippen molar-refractivity contribution in [2.45, 2.75) is 59.3 Å². The van der Waals surface area contributed by atoms with E-state index in [1.54, 1.807) is 0 Å². The van der Waals surface area contributed by atoms with Gasteiger partial charge in [0.05, 0.1) is 12.1 Å². The van der Waals surface area contributed by atoms with Crippen LogP contribution < -0.4 is 11.5 Å². The summed E-state index contributed by atoms with van der Waals surface area (Å²) in [7, 11) is 0. The highest BCUT2D eigenvalue weighted by molar-refractivity contribution is 5.77. The summed E-state index contributed by atoms with van der Waals surface area (Å²) < 4.78 is 0. The van der Waals surface area contributed by atoms with Crippen molar-refractivity contribution in [1.82, 2.24) is 14.7 Å². The molecule has 6 heteroatoms. The monoisotopic (exact) mass is 312 g/mol. The molecule has 0 amide bonds. The van der Waals surface area contributed by atoms with Crippen molar-refractivity contribution in [3.8, 4) is 0 Å². The van der Waals surface area contributed by atoms with E-state index in [1.807, 2.05) is 0 Å². The molecule has 130 valence electrons. The van der Waals surface area contributed by atoms with Crippen LogP contribution in [0.3, 0.4) is 0 Å². The predicted octanol–water partition coefficient (Wildman–Crippen LogP) is 0.732. The van der Waals surface area contributed by atoms with E-state index in [2.05, 4.69) is 56.2 Å². The number of guanidine groups is 1. The average molecular weight is 313 g/mol. The van der Waals surface area contributed by atoms with Crippen molar-refractivity contribution in [3.05, 3.63) is 0 Å². The molecule has 0 saturated heterocycles.